The molecule has 38 heavy (non-hydrogen) atoms. The third kappa shape index (κ3) is 4.72. The Hall–Kier alpha value is -3.56. The molecule has 2 aliphatic rings. The van der Waals surface area contributed by atoms with Gasteiger partial charge in [0.2, 0.25) is 5.91 Å². The molecule has 1 fully saturated rings. The van der Waals surface area contributed by atoms with Crippen molar-refractivity contribution >= 4 is 44.5 Å². The molecule has 2 N–H and O–H groups in total. The number of β-lactam (4-membered cyclic amide) rings is 1. The summed E-state index contributed by atoms with van der Waals surface area (Å²) in [5, 5.41) is 11.3. The molecule has 9 heteroatoms. The molecule has 2 amide bonds. The predicted molar refractivity (Wildman–Crippen MR) is 148 cm³/mol. The first-order valence-electron chi connectivity index (χ1n) is 12.1. The van der Waals surface area contributed by atoms with Crippen LogP contribution in [0, 0.1) is 0 Å². The number of fused-ring (bicyclic) bond motifs is 1. The Morgan fingerprint density at radius 3 is 1.95 bits per heavy atom. The van der Waals surface area contributed by atoms with E-state index in [1.807, 2.05) is 78.9 Å². The lowest BCUT2D eigenvalue weighted by atomic mass is 9.84. The Balaban J connectivity index is 1.56. The molecule has 3 unspecified atom stereocenters. The average Bonchev–Trinajstić information content (AvgIpc) is 2.94. The second-order valence-corrected chi connectivity index (χ2v) is 11.4. The lowest BCUT2D eigenvalue weighted by Crippen LogP contribution is -2.75. The summed E-state index contributed by atoms with van der Waals surface area (Å²) in [7, 11) is -1.74. The van der Waals surface area contributed by atoms with Crippen LogP contribution in [0.15, 0.2) is 102 Å². The number of alkyl halides is 1. The van der Waals surface area contributed by atoms with Crippen molar-refractivity contribution in [2.24, 2.45) is 0 Å². The van der Waals surface area contributed by atoms with Gasteiger partial charge in [-0.15, -0.1) is 0 Å². The van der Waals surface area contributed by atoms with Gasteiger partial charge < -0.3 is 10.4 Å². The second-order valence-electron chi connectivity index (χ2n) is 9.17. The number of nitrogens with one attached hydrogen (secondary N) is 1. The maximum atomic E-state index is 14.3. The minimum Gasteiger partial charge on any atom is -0.477 e. The third-order valence-electron chi connectivity index (χ3n) is 6.91. The molecule has 0 spiro atoms. The molecule has 0 aliphatic carbocycles. The molecule has 7 nitrogen and oxygen atoms in total. The van der Waals surface area contributed by atoms with E-state index in [9.17, 15) is 23.7 Å². The van der Waals surface area contributed by atoms with Crippen LogP contribution in [0.1, 0.15) is 22.6 Å². The van der Waals surface area contributed by atoms with Crippen molar-refractivity contribution in [3.63, 3.8) is 0 Å². The number of amides is 2. The van der Waals surface area contributed by atoms with E-state index in [-0.39, 0.29) is 17.4 Å². The summed E-state index contributed by atoms with van der Waals surface area (Å²) in [6, 6.07) is 27.1. The number of aliphatic carboxylic acids is 1. The van der Waals surface area contributed by atoms with Crippen LogP contribution in [0.3, 0.4) is 0 Å². The highest BCUT2D eigenvalue weighted by Gasteiger charge is 2.60. The second kappa shape index (κ2) is 11.0. The van der Waals surface area contributed by atoms with E-state index in [1.54, 1.807) is 12.1 Å². The fraction of sp³-hybridized carbons (Fsp3) is 0.207. The Labute approximate surface area is 231 Å². The number of benzene rings is 3. The minimum atomic E-state index is -1.74. The first-order valence-corrected chi connectivity index (χ1v) is 14.5. The van der Waals surface area contributed by atoms with Crippen LogP contribution in [0.5, 0.6) is 0 Å². The zero-order valence-electron chi connectivity index (χ0n) is 20.2. The van der Waals surface area contributed by atoms with Gasteiger partial charge in [-0.05, 0) is 22.3 Å². The van der Waals surface area contributed by atoms with Gasteiger partial charge in [0.05, 0.1) is 22.5 Å². The SMILES string of the molecule is O=C(Cc1ccccc1)NC1C(=O)N2C(C(=O)O)=C(CBr)C(C(c3ccccc3)c3ccccc3)S(=O)[C@H]12. The van der Waals surface area contributed by atoms with Gasteiger partial charge in [0.25, 0.3) is 5.91 Å². The summed E-state index contributed by atoms with van der Waals surface area (Å²) < 4.78 is 14.3. The smallest absolute Gasteiger partial charge is 0.352 e. The highest BCUT2D eigenvalue weighted by molar-refractivity contribution is 9.09. The Morgan fingerprint density at radius 2 is 1.45 bits per heavy atom. The molecule has 3 aromatic rings. The average molecular weight is 593 g/mol. The van der Waals surface area contributed by atoms with E-state index >= 15 is 0 Å². The lowest BCUT2D eigenvalue weighted by Gasteiger charge is -2.52. The van der Waals surface area contributed by atoms with Gasteiger partial charge in [0.15, 0.2) is 0 Å². The number of carboxylic acids is 1. The van der Waals surface area contributed by atoms with Crippen molar-refractivity contribution in [2.45, 2.75) is 29.0 Å². The van der Waals surface area contributed by atoms with Crippen molar-refractivity contribution < 1.29 is 23.7 Å². The first-order chi connectivity index (χ1) is 18.4. The van der Waals surface area contributed by atoms with E-state index in [1.165, 1.54) is 0 Å². The molecule has 5 rings (SSSR count). The van der Waals surface area contributed by atoms with E-state index in [2.05, 4.69) is 21.2 Å². The molecule has 2 aliphatic heterocycles. The van der Waals surface area contributed by atoms with Crippen molar-refractivity contribution in [3.8, 4) is 0 Å². The highest BCUT2D eigenvalue weighted by Crippen LogP contribution is 2.45. The van der Waals surface area contributed by atoms with Crippen LogP contribution >= 0.6 is 15.9 Å². The fourth-order valence-electron chi connectivity index (χ4n) is 5.24. The maximum absolute atomic E-state index is 14.3. The topological polar surface area (TPSA) is 104 Å². The summed E-state index contributed by atoms with van der Waals surface area (Å²) in [6.07, 6.45) is 0.0539. The molecule has 0 radical (unpaired) electrons. The number of carbonyl (C=O) groups is 3. The monoisotopic (exact) mass is 592 g/mol. The summed E-state index contributed by atoms with van der Waals surface area (Å²) in [5.74, 6) is -2.67. The number of carboxylic acid groups (broad SMARTS) is 1. The van der Waals surface area contributed by atoms with E-state index in [4.69, 9.17) is 0 Å². The Bertz CT molecular complexity index is 1380. The number of hydrogen-bond acceptors (Lipinski definition) is 4. The number of halogens is 1. The fourth-order valence-corrected chi connectivity index (χ4v) is 8.29. The molecule has 3 aromatic carbocycles. The largest absolute Gasteiger partial charge is 0.477 e. The third-order valence-corrected chi connectivity index (χ3v) is 9.53. The quantitative estimate of drug-likeness (QED) is 0.307. The number of carbonyl (C=O) groups excluding carboxylic acids is 2. The first kappa shape index (κ1) is 26.1. The van der Waals surface area contributed by atoms with Crippen LogP contribution < -0.4 is 5.32 Å². The number of nitrogens with zero attached hydrogens (tertiary/aromatic N) is 1. The molecule has 194 valence electrons. The Kier molecular flexibility index (Phi) is 7.58. The standard InChI is InChI=1S/C29H25BrN2O5S/c30-17-21-25(29(35)36)32-27(34)24(31-22(33)16-18-10-4-1-5-11-18)28(32)38(37)26(21)23(19-12-6-2-7-13-19)20-14-8-3-9-15-20/h1-15,23-24,26,28H,16-17H2,(H,31,33)(H,35,36)/t24?,26?,28-,38?/m1/s1. The Morgan fingerprint density at radius 1 is 0.921 bits per heavy atom. The zero-order chi connectivity index (χ0) is 26.8. The van der Waals surface area contributed by atoms with Gasteiger partial charge in [0, 0.05) is 11.2 Å². The van der Waals surface area contributed by atoms with Crippen LogP contribution in [0.25, 0.3) is 0 Å². The molecule has 2 heterocycles. The van der Waals surface area contributed by atoms with E-state index in [0.29, 0.717) is 5.57 Å². The van der Waals surface area contributed by atoms with Gasteiger partial charge >= 0.3 is 5.97 Å². The summed E-state index contributed by atoms with van der Waals surface area (Å²) >= 11 is 3.42. The molecular formula is C29H25BrN2O5S. The van der Waals surface area contributed by atoms with Crippen LogP contribution in [0.4, 0.5) is 0 Å². The van der Waals surface area contributed by atoms with Crippen molar-refractivity contribution in [1.29, 1.82) is 0 Å². The van der Waals surface area contributed by atoms with E-state index in [0.717, 1.165) is 21.6 Å². The van der Waals surface area contributed by atoms with Gasteiger partial charge in [-0.1, -0.05) is 107 Å². The minimum absolute atomic E-state index is 0.0539. The predicted octanol–water partition coefficient (Wildman–Crippen LogP) is 3.58. The molecule has 0 saturated carbocycles. The molecule has 0 aromatic heterocycles. The molecular weight excluding hydrogens is 568 g/mol. The molecule has 4 atom stereocenters. The normalized spacial score (nSPS) is 22.6. The van der Waals surface area contributed by atoms with E-state index < -0.39 is 51.2 Å². The summed E-state index contributed by atoms with van der Waals surface area (Å²) in [5.41, 5.74) is 2.74. The summed E-state index contributed by atoms with van der Waals surface area (Å²) in [4.78, 5) is 39.6. The van der Waals surface area contributed by atoms with Gasteiger partial charge in [-0.3, -0.25) is 18.7 Å². The molecule has 0 bridgehead atoms. The van der Waals surface area contributed by atoms with Gasteiger partial charge in [-0.2, -0.15) is 0 Å². The zero-order valence-corrected chi connectivity index (χ0v) is 22.6. The summed E-state index contributed by atoms with van der Waals surface area (Å²) in [6.45, 7) is 0. The van der Waals surface area contributed by atoms with Crippen molar-refractivity contribution in [1.82, 2.24) is 10.2 Å². The van der Waals surface area contributed by atoms with Crippen molar-refractivity contribution in [3.05, 3.63) is 119 Å². The number of hydrogen-bond donors (Lipinski definition) is 2. The number of rotatable bonds is 8. The van der Waals surface area contributed by atoms with Crippen molar-refractivity contribution in [2.75, 3.05) is 5.33 Å². The van der Waals surface area contributed by atoms with Crippen LogP contribution in [0.2, 0.25) is 0 Å². The molecule has 1 saturated heterocycles. The van der Waals surface area contributed by atoms with Crippen LogP contribution in [-0.4, -0.2) is 54.0 Å². The highest BCUT2D eigenvalue weighted by atomic mass is 79.9. The maximum Gasteiger partial charge on any atom is 0.352 e. The van der Waals surface area contributed by atoms with Gasteiger partial charge in [-0.25, -0.2) is 4.79 Å². The van der Waals surface area contributed by atoms with Crippen LogP contribution in [-0.2, 0) is 31.6 Å². The lowest BCUT2D eigenvalue weighted by molar-refractivity contribution is -0.151. The van der Waals surface area contributed by atoms with Gasteiger partial charge in [0.1, 0.15) is 17.1 Å².